The number of nitrogens with zero attached hydrogens (tertiary/aromatic N) is 2. The summed E-state index contributed by atoms with van der Waals surface area (Å²) in [5.41, 5.74) is 4.50. The smallest absolute Gasteiger partial charge is 0.237 e. The van der Waals surface area contributed by atoms with Crippen molar-refractivity contribution in [3.05, 3.63) is 66.0 Å². The van der Waals surface area contributed by atoms with Gasteiger partial charge < -0.3 is 15.2 Å². The average molecular weight is 461 g/mol. The second-order valence-corrected chi connectivity index (χ2v) is 8.50. The Hall–Kier alpha value is -2.08. The topological polar surface area (TPSA) is 59.0 Å². The highest BCUT2D eigenvalue weighted by atomic mass is 35.5. The van der Waals surface area contributed by atoms with Gasteiger partial charge in [0, 0.05) is 19.1 Å². The van der Waals surface area contributed by atoms with Crippen molar-refractivity contribution in [3.63, 3.8) is 0 Å². The Morgan fingerprint density at radius 2 is 1.87 bits per heavy atom. The molecule has 3 atom stereocenters. The summed E-state index contributed by atoms with van der Waals surface area (Å²) in [7, 11) is 0. The van der Waals surface area contributed by atoms with Gasteiger partial charge in [0.05, 0.1) is 23.4 Å². The minimum Gasteiger partial charge on any atom is -0.351 e. The van der Waals surface area contributed by atoms with Crippen LogP contribution in [-0.4, -0.2) is 27.5 Å². The van der Waals surface area contributed by atoms with Gasteiger partial charge in [-0.3, -0.25) is 4.79 Å². The first-order valence-corrected chi connectivity index (χ1v) is 10.8. The molecule has 2 N–H and O–H groups in total. The first-order chi connectivity index (χ1) is 14.3. The molecule has 5 nitrogen and oxygen atoms in total. The number of carbonyl (C=O) groups excluding carboxylic acids is 1. The summed E-state index contributed by atoms with van der Waals surface area (Å²) < 4.78 is 2.16. The number of nitrogens with one attached hydrogen (secondary N) is 2. The quantitative estimate of drug-likeness (QED) is 0.590. The zero-order valence-corrected chi connectivity index (χ0v) is 19.1. The van der Waals surface area contributed by atoms with Crippen LogP contribution in [0.1, 0.15) is 43.2 Å². The van der Waals surface area contributed by atoms with Crippen LogP contribution in [0.4, 0.5) is 0 Å². The van der Waals surface area contributed by atoms with Crippen LogP contribution in [0.5, 0.6) is 0 Å². The summed E-state index contributed by atoms with van der Waals surface area (Å²) in [4.78, 5) is 17.1. The zero-order chi connectivity index (χ0) is 19.6. The molecular formula is C24H30Cl2N4O. The fraction of sp³-hybridized carbons (Fsp3) is 0.417. The molecule has 1 aliphatic carbocycles. The molecule has 1 saturated carbocycles. The van der Waals surface area contributed by atoms with E-state index >= 15 is 0 Å². The lowest BCUT2D eigenvalue weighted by Crippen LogP contribution is -2.42. The Labute approximate surface area is 195 Å². The standard InChI is InChI=1S/C24H28N4O.2ClH/c29-24(22-13-19-8-1-2-9-20(19)27-22)25-14-17-6-5-7-18(12-17)15-28-16-26-21-10-3-4-11-23(21)28;;/h3-7,10-12,16,19-20,22,27H,1-2,8-9,13-15H2,(H,25,29);2*1H. The van der Waals surface area contributed by atoms with E-state index in [1.165, 1.54) is 31.2 Å². The molecule has 0 spiro atoms. The summed E-state index contributed by atoms with van der Waals surface area (Å²) in [6.07, 6.45) is 7.98. The van der Waals surface area contributed by atoms with E-state index in [4.69, 9.17) is 0 Å². The third-order valence-corrected chi connectivity index (χ3v) is 6.52. The molecule has 166 valence electrons. The van der Waals surface area contributed by atoms with Crippen molar-refractivity contribution < 1.29 is 4.79 Å². The predicted octanol–water partition coefficient (Wildman–Crippen LogP) is 4.47. The van der Waals surface area contributed by atoms with Crippen molar-refractivity contribution in [1.29, 1.82) is 0 Å². The maximum absolute atomic E-state index is 12.7. The Morgan fingerprint density at radius 3 is 2.74 bits per heavy atom. The highest BCUT2D eigenvalue weighted by Gasteiger charge is 2.37. The number of halogens is 2. The third-order valence-electron chi connectivity index (χ3n) is 6.52. The van der Waals surface area contributed by atoms with E-state index in [2.05, 4.69) is 50.5 Å². The van der Waals surface area contributed by atoms with Gasteiger partial charge >= 0.3 is 0 Å². The maximum atomic E-state index is 12.7. The second kappa shape index (κ2) is 10.5. The highest BCUT2D eigenvalue weighted by molar-refractivity contribution is 5.85. The van der Waals surface area contributed by atoms with Gasteiger partial charge in [0.15, 0.2) is 0 Å². The number of benzene rings is 2. The zero-order valence-electron chi connectivity index (χ0n) is 17.5. The van der Waals surface area contributed by atoms with Gasteiger partial charge in [0.25, 0.3) is 0 Å². The van der Waals surface area contributed by atoms with Crippen molar-refractivity contribution in [2.45, 2.75) is 57.3 Å². The SMILES string of the molecule is Cl.Cl.O=C(NCc1cccc(Cn2cnc3ccccc32)c1)C1CC2CCCCC2N1. The third kappa shape index (κ3) is 5.22. The Morgan fingerprint density at radius 1 is 1.06 bits per heavy atom. The number of rotatable bonds is 5. The van der Waals surface area contributed by atoms with Crippen molar-refractivity contribution in [2.24, 2.45) is 5.92 Å². The summed E-state index contributed by atoms with van der Waals surface area (Å²) in [6.45, 7) is 1.35. The average Bonchev–Trinajstić information content (AvgIpc) is 3.37. The van der Waals surface area contributed by atoms with Gasteiger partial charge in [-0.25, -0.2) is 4.98 Å². The number of fused-ring (bicyclic) bond motifs is 2. The fourth-order valence-corrected chi connectivity index (χ4v) is 5.00. The largest absolute Gasteiger partial charge is 0.351 e. The molecule has 2 fully saturated rings. The van der Waals surface area contributed by atoms with E-state index in [-0.39, 0.29) is 36.8 Å². The molecule has 1 amide bonds. The van der Waals surface area contributed by atoms with Crippen molar-refractivity contribution in [3.8, 4) is 0 Å². The Bertz CT molecular complexity index is 1010. The van der Waals surface area contributed by atoms with Gasteiger partial charge in [-0.15, -0.1) is 24.8 Å². The number of aromatic nitrogens is 2. The summed E-state index contributed by atoms with van der Waals surface area (Å²) in [5.74, 6) is 0.832. The predicted molar refractivity (Wildman–Crippen MR) is 129 cm³/mol. The number of carbonyl (C=O) groups is 1. The van der Waals surface area contributed by atoms with Gasteiger partial charge in [-0.05, 0) is 48.4 Å². The van der Waals surface area contributed by atoms with Crippen LogP contribution in [0.25, 0.3) is 11.0 Å². The lowest BCUT2D eigenvalue weighted by atomic mass is 9.85. The maximum Gasteiger partial charge on any atom is 0.237 e. The number of hydrogen-bond donors (Lipinski definition) is 2. The minimum atomic E-state index is -0.0244. The van der Waals surface area contributed by atoms with Crippen LogP contribution in [-0.2, 0) is 17.9 Å². The minimum absolute atomic E-state index is 0. The second-order valence-electron chi connectivity index (χ2n) is 8.50. The molecule has 0 radical (unpaired) electrons. The molecule has 2 aromatic carbocycles. The molecule has 2 heterocycles. The molecule has 3 unspecified atom stereocenters. The first kappa shape index (κ1) is 23.6. The van der Waals surface area contributed by atoms with Crippen LogP contribution < -0.4 is 10.6 Å². The molecule has 31 heavy (non-hydrogen) atoms. The lowest BCUT2D eigenvalue weighted by molar-refractivity contribution is -0.123. The molecule has 7 heteroatoms. The van der Waals surface area contributed by atoms with E-state index in [9.17, 15) is 4.79 Å². The van der Waals surface area contributed by atoms with Crippen LogP contribution in [0.15, 0.2) is 54.9 Å². The van der Waals surface area contributed by atoms with Gasteiger partial charge in [0.1, 0.15) is 0 Å². The molecule has 1 saturated heterocycles. The number of para-hydroxylation sites is 2. The number of amides is 1. The van der Waals surface area contributed by atoms with Gasteiger partial charge in [0.2, 0.25) is 5.91 Å². The van der Waals surface area contributed by atoms with Gasteiger partial charge in [-0.2, -0.15) is 0 Å². The van der Waals surface area contributed by atoms with Crippen molar-refractivity contribution in [2.75, 3.05) is 0 Å². The summed E-state index contributed by atoms with van der Waals surface area (Å²) in [6, 6.07) is 17.2. The van der Waals surface area contributed by atoms with Gasteiger partial charge in [-0.1, -0.05) is 49.2 Å². The monoisotopic (exact) mass is 460 g/mol. The molecule has 1 aliphatic heterocycles. The van der Waals surface area contributed by atoms with E-state index < -0.39 is 0 Å². The van der Waals surface area contributed by atoms with Crippen LogP contribution in [0.2, 0.25) is 0 Å². The van der Waals surface area contributed by atoms with Crippen LogP contribution >= 0.6 is 24.8 Å². The number of imidazole rings is 1. The molecule has 0 bridgehead atoms. The first-order valence-electron chi connectivity index (χ1n) is 10.8. The van der Waals surface area contributed by atoms with Crippen molar-refractivity contribution >= 4 is 41.8 Å². The molecular weight excluding hydrogens is 431 g/mol. The summed E-state index contributed by atoms with van der Waals surface area (Å²) in [5, 5.41) is 6.71. The Balaban J connectivity index is 0.00000136. The van der Waals surface area contributed by atoms with Crippen LogP contribution in [0.3, 0.4) is 0 Å². The summed E-state index contributed by atoms with van der Waals surface area (Å²) >= 11 is 0. The molecule has 3 aromatic rings. The van der Waals surface area contributed by atoms with Crippen LogP contribution in [0, 0.1) is 5.92 Å². The van der Waals surface area contributed by atoms with E-state index in [0.717, 1.165) is 29.6 Å². The lowest BCUT2D eigenvalue weighted by Gasteiger charge is -2.24. The fourth-order valence-electron chi connectivity index (χ4n) is 5.00. The molecule has 5 rings (SSSR count). The van der Waals surface area contributed by atoms with E-state index in [1.54, 1.807) is 0 Å². The Kier molecular flexibility index (Phi) is 7.98. The molecule has 1 aromatic heterocycles. The number of hydrogen-bond acceptors (Lipinski definition) is 3. The van der Waals surface area contributed by atoms with Crippen molar-refractivity contribution in [1.82, 2.24) is 20.2 Å². The highest BCUT2D eigenvalue weighted by Crippen LogP contribution is 2.33. The molecule has 2 aliphatic rings. The van der Waals surface area contributed by atoms with E-state index in [1.807, 2.05) is 24.5 Å². The normalized spacial score (nSPS) is 22.3. The van der Waals surface area contributed by atoms with E-state index in [0.29, 0.717) is 18.5 Å².